The van der Waals surface area contributed by atoms with Gasteiger partial charge in [-0.15, -0.1) is 0 Å². The number of rotatable bonds is 7. The number of amides is 1. The lowest BCUT2D eigenvalue weighted by molar-refractivity contribution is -0.386. The molecule has 0 saturated heterocycles. The lowest BCUT2D eigenvalue weighted by Gasteiger charge is -2.13. The monoisotopic (exact) mass is 348 g/mol. The van der Waals surface area contributed by atoms with Gasteiger partial charge < -0.3 is 15.2 Å². The SMILES string of the molecule is CC(=O)Nc1ccc(OC[C@@H](O)Cn2nc(C)c([N+](=O)[O-])c2C)cc1. The molecule has 0 bridgehead atoms. The Morgan fingerprint density at radius 1 is 1.40 bits per heavy atom. The predicted molar refractivity (Wildman–Crippen MR) is 90.6 cm³/mol. The highest BCUT2D eigenvalue weighted by Gasteiger charge is 2.22. The molecule has 1 heterocycles. The lowest BCUT2D eigenvalue weighted by atomic mass is 10.3. The smallest absolute Gasteiger partial charge is 0.312 e. The topological polar surface area (TPSA) is 120 Å². The van der Waals surface area contributed by atoms with Crippen molar-refractivity contribution in [3.05, 3.63) is 45.8 Å². The Bertz CT molecular complexity index is 770. The standard InChI is InChI=1S/C16H20N4O5/c1-10-16(20(23)24)11(2)19(18-10)8-14(22)9-25-15-6-4-13(5-7-15)17-12(3)21/h4-7,14,22H,8-9H2,1-3H3,(H,17,21)/t14-/m0/s1. The molecule has 1 amide bonds. The molecule has 1 atom stereocenters. The lowest BCUT2D eigenvalue weighted by Crippen LogP contribution is -2.24. The molecule has 0 aliphatic carbocycles. The summed E-state index contributed by atoms with van der Waals surface area (Å²) in [5, 5.41) is 27.8. The van der Waals surface area contributed by atoms with Crippen LogP contribution >= 0.6 is 0 Å². The van der Waals surface area contributed by atoms with Gasteiger partial charge in [-0.25, -0.2) is 0 Å². The zero-order chi connectivity index (χ0) is 18.6. The first-order valence-electron chi connectivity index (χ1n) is 7.65. The molecule has 2 N–H and O–H groups in total. The number of benzene rings is 1. The molecule has 134 valence electrons. The molecule has 9 nitrogen and oxygen atoms in total. The minimum absolute atomic E-state index is 0.00558. The van der Waals surface area contributed by atoms with Gasteiger partial charge in [0, 0.05) is 12.6 Å². The van der Waals surface area contributed by atoms with Gasteiger partial charge >= 0.3 is 5.69 Å². The second kappa shape index (κ2) is 7.75. The van der Waals surface area contributed by atoms with E-state index >= 15 is 0 Å². The number of aliphatic hydroxyl groups excluding tert-OH is 1. The fraction of sp³-hybridized carbons (Fsp3) is 0.375. The molecule has 0 unspecified atom stereocenters. The zero-order valence-corrected chi connectivity index (χ0v) is 14.2. The Morgan fingerprint density at radius 3 is 2.56 bits per heavy atom. The molecule has 2 rings (SSSR count). The third-order valence-corrected chi connectivity index (χ3v) is 3.53. The summed E-state index contributed by atoms with van der Waals surface area (Å²) in [6.07, 6.45) is -0.882. The number of aliphatic hydroxyl groups is 1. The number of aryl methyl sites for hydroxylation is 1. The summed E-state index contributed by atoms with van der Waals surface area (Å²) in [6, 6.07) is 6.72. The van der Waals surface area contributed by atoms with Crippen LogP contribution in [0.5, 0.6) is 5.75 Å². The number of anilines is 1. The van der Waals surface area contributed by atoms with Gasteiger partial charge in [0.25, 0.3) is 0 Å². The Balaban J connectivity index is 1.93. The highest BCUT2D eigenvalue weighted by Crippen LogP contribution is 2.22. The number of nitrogens with one attached hydrogen (secondary N) is 1. The van der Waals surface area contributed by atoms with Gasteiger partial charge in [0.2, 0.25) is 5.91 Å². The van der Waals surface area contributed by atoms with Crippen LogP contribution in [0.15, 0.2) is 24.3 Å². The summed E-state index contributed by atoms with van der Waals surface area (Å²) < 4.78 is 6.89. The van der Waals surface area contributed by atoms with Crippen LogP contribution in [0.1, 0.15) is 18.3 Å². The molecule has 1 aromatic heterocycles. The molecule has 0 aliphatic rings. The summed E-state index contributed by atoms with van der Waals surface area (Å²) in [4.78, 5) is 21.5. The Kier molecular flexibility index (Phi) is 5.71. The third kappa shape index (κ3) is 4.77. The van der Waals surface area contributed by atoms with E-state index in [0.717, 1.165) is 0 Å². The number of carbonyl (C=O) groups is 1. The molecule has 0 saturated carbocycles. The van der Waals surface area contributed by atoms with Crippen LogP contribution in [0.2, 0.25) is 0 Å². The van der Waals surface area contributed by atoms with Gasteiger partial charge in [0.15, 0.2) is 0 Å². The fourth-order valence-corrected chi connectivity index (χ4v) is 2.41. The van der Waals surface area contributed by atoms with Crippen LogP contribution in [0.25, 0.3) is 0 Å². The minimum atomic E-state index is -0.882. The van der Waals surface area contributed by atoms with Crippen molar-refractivity contribution in [3.8, 4) is 5.75 Å². The van der Waals surface area contributed by atoms with Crippen molar-refractivity contribution in [3.63, 3.8) is 0 Å². The number of hydrogen-bond acceptors (Lipinski definition) is 6. The van der Waals surface area contributed by atoms with Crippen LogP contribution in [-0.4, -0.2) is 38.4 Å². The number of carbonyl (C=O) groups excluding carboxylic acids is 1. The third-order valence-electron chi connectivity index (χ3n) is 3.53. The van der Waals surface area contributed by atoms with Crippen LogP contribution in [0.4, 0.5) is 11.4 Å². The van der Waals surface area contributed by atoms with Gasteiger partial charge in [0.05, 0.1) is 11.5 Å². The quantitative estimate of drug-likeness (QED) is 0.582. The maximum Gasteiger partial charge on any atom is 0.312 e. The molecule has 0 aliphatic heterocycles. The maximum absolute atomic E-state index is 11.0. The molecule has 1 aromatic carbocycles. The summed E-state index contributed by atoms with van der Waals surface area (Å²) in [5.41, 5.74) is 1.31. The van der Waals surface area contributed by atoms with Crippen molar-refractivity contribution in [2.45, 2.75) is 33.4 Å². The predicted octanol–water partition coefficient (Wildman–Crippen LogP) is 1.81. The van der Waals surface area contributed by atoms with Crippen molar-refractivity contribution < 1.29 is 19.6 Å². The van der Waals surface area contributed by atoms with Gasteiger partial charge in [0.1, 0.15) is 29.8 Å². The van der Waals surface area contributed by atoms with Crippen molar-refractivity contribution in [2.75, 3.05) is 11.9 Å². The zero-order valence-electron chi connectivity index (χ0n) is 14.2. The number of nitrogens with zero attached hydrogens (tertiary/aromatic N) is 3. The van der Waals surface area contributed by atoms with Crippen LogP contribution in [-0.2, 0) is 11.3 Å². The van der Waals surface area contributed by atoms with Gasteiger partial charge in [-0.3, -0.25) is 19.6 Å². The van der Waals surface area contributed by atoms with E-state index < -0.39 is 11.0 Å². The number of ether oxygens (including phenoxy) is 1. The molecule has 9 heteroatoms. The normalized spacial score (nSPS) is 11.8. The van der Waals surface area contributed by atoms with Gasteiger partial charge in [-0.1, -0.05) is 0 Å². The number of hydrogen-bond donors (Lipinski definition) is 2. The first-order chi connectivity index (χ1) is 11.8. The van der Waals surface area contributed by atoms with E-state index in [2.05, 4.69) is 10.4 Å². The summed E-state index contributed by atoms with van der Waals surface area (Å²) in [5.74, 6) is 0.371. The van der Waals surface area contributed by atoms with E-state index in [-0.39, 0.29) is 24.7 Å². The van der Waals surface area contributed by atoms with E-state index in [1.807, 2.05) is 0 Å². The second-order valence-electron chi connectivity index (χ2n) is 5.63. The molecular formula is C16H20N4O5. The second-order valence-corrected chi connectivity index (χ2v) is 5.63. The highest BCUT2D eigenvalue weighted by molar-refractivity contribution is 5.88. The highest BCUT2D eigenvalue weighted by atomic mass is 16.6. The van der Waals surface area contributed by atoms with Crippen LogP contribution < -0.4 is 10.1 Å². The number of aromatic nitrogens is 2. The van der Waals surface area contributed by atoms with Crippen molar-refractivity contribution in [1.82, 2.24) is 9.78 Å². The van der Waals surface area contributed by atoms with Crippen molar-refractivity contribution in [1.29, 1.82) is 0 Å². The Morgan fingerprint density at radius 2 is 2.04 bits per heavy atom. The van der Waals surface area contributed by atoms with Crippen LogP contribution in [0.3, 0.4) is 0 Å². The van der Waals surface area contributed by atoms with Gasteiger partial charge in [-0.2, -0.15) is 5.10 Å². The van der Waals surface area contributed by atoms with E-state index in [0.29, 0.717) is 22.8 Å². The molecule has 0 fully saturated rings. The fourth-order valence-electron chi connectivity index (χ4n) is 2.41. The van der Waals surface area contributed by atoms with Crippen molar-refractivity contribution in [2.24, 2.45) is 0 Å². The number of nitro groups is 1. The summed E-state index contributed by atoms with van der Waals surface area (Å²) in [6.45, 7) is 4.66. The largest absolute Gasteiger partial charge is 0.491 e. The summed E-state index contributed by atoms with van der Waals surface area (Å²) in [7, 11) is 0. The summed E-state index contributed by atoms with van der Waals surface area (Å²) >= 11 is 0. The van der Waals surface area contributed by atoms with E-state index in [4.69, 9.17) is 4.74 Å². The average molecular weight is 348 g/mol. The van der Waals surface area contributed by atoms with Crippen molar-refractivity contribution >= 4 is 17.3 Å². The van der Waals surface area contributed by atoms with E-state index in [1.54, 1.807) is 38.1 Å². The molecular weight excluding hydrogens is 328 g/mol. The van der Waals surface area contributed by atoms with E-state index in [1.165, 1.54) is 11.6 Å². The Labute approximate surface area is 144 Å². The first kappa shape index (κ1) is 18.4. The maximum atomic E-state index is 11.0. The van der Waals surface area contributed by atoms with E-state index in [9.17, 15) is 20.0 Å². The molecule has 2 aromatic rings. The van der Waals surface area contributed by atoms with Gasteiger partial charge in [-0.05, 0) is 38.1 Å². The molecule has 0 spiro atoms. The minimum Gasteiger partial charge on any atom is -0.491 e. The first-order valence-corrected chi connectivity index (χ1v) is 7.65. The molecule has 0 radical (unpaired) electrons. The van der Waals surface area contributed by atoms with Crippen LogP contribution in [0, 0.1) is 24.0 Å². The molecule has 25 heavy (non-hydrogen) atoms. The average Bonchev–Trinajstić information content (AvgIpc) is 2.80. The Hall–Kier alpha value is -2.94.